The Labute approximate surface area is 115 Å². The van der Waals surface area contributed by atoms with E-state index in [-0.39, 0.29) is 12.5 Å². The molecule has 4 nitrogen and oxygen atoms in total. The van der Waals surface area contributed by atoms with Crippen LogP contribution in [0.5, 0.6) is 0 Å². The molecular weight excluding hydrogens is 260 g/mol. The number of thiophene rings is 1. The summed E-state index contributed by atoms with van der Waals surface area (Å²) in [6.07, 6.45) is 3.68. The topological polar surface area (TPSA) is 62.2 Å². The van der Waals surface area contributed by atoms with Gasteiger partial charge in [-0.25, -0.2) is 0 Å². The maximum Gasteiger partial charge on any atom is 0.256 e. The van der Waals surface area contributed by atoms with Gasteiger partial charge in [0.05, 0.1) is 28.9 Å². The Morgan fingerprint density at radius 1 is 1.53 bits per heavy atom. The molecule has 0 saturated heterocycles. The number of carbonyl (C=O) groups is 1. The van der Waals surface area contributed by atoms with Crippen molar-refractivity contribution in [2.24, 2.45) is 0 Å². The molecule has 0 bridgehead atoms. The molecule has 0 atom stereocenters. The minimum absolute atomic E-state index is 0.0483. The SMILES string of the molecule is O=C(Nc1cccnc1)c1csc(C#CCCO)c1. The van der Waals surface area contributed by atoms with Crippen LogP contribution in [0.4, 0.5) is 5.69 Å². The zero-order valence-electron chi connectivity index (χ0n) is 10.1. The summed E-state index contributed by atoms with van der Waals surface area (Å²) in [6, 6.07) is 5.27. The van der Waals surface area contributed by atoms with Crippen LogP contribution in [0.15, 0.2) is 36.0 Å². The molecule has 2 aromatic rings. The maximum atomic E-state index is 11.9. The number of rotatable bonds is 3. The lowest BCUT2D eigenvalue weighted by Gasteiger charge is -2.01. The number of amides is 1. The van der Waals surface area contributed by atoms with Gasteiger partial charge in [0.15, 0.2) is 0 Å². The van der Waals surface area contributed by atoms with Crippen molar-refractivity contribution in [2.45, 2.75) is 6.42 Å². The highest BCUT2D eigenvalue weighted by atomic mass is 32.1. The first-order valence-electron chi connectivity index (χ1n) is 5.69. The minimum atomic E-state index is -0.181. The van der Waals surface area contributed by atoms with Gasteiger partial charge in [0.2, 0.25) is 0 Å². The van der Waals surface area contributed by atoms with Crippen molar-refractivity contribution in [1.82, 2.24) is 4.98 Å². The van der Waals surface area contributed by atoms with E-state index < -0.39 is 0 Å². The summed E-state index contributed by atoms with van der Waals surface area (Å²) in [6.45, 7) is 0.0483. The van der Waals surface area contributed by atoms with Crippen molar-refractivity contribution < 1.29 is 9.90 Å². The minimum Gasteiger partial charge on any atom is -0.395 e. The van der Waals surface area contributed by atoms with E-state index in [1.807, 2.05) is 0 Å². The van der Waals surface area contributed by atoms with E-state index in [2.05, 4.69) is 22.1 Å². The summed E-state index contributed by atoms with van der Waals surface area (Å²) in [7, 11) is 0. The number of carbonyl (C=O) groups excluding carboxylic acids is 1. The molecule has 0 aromatic carbocycles. The fourth-order valence-corrected chi connectivity index (χ4v) is 2.12. The van der Waals surface area contributed by atoms with Crippen LogP contribution in [-0.4, -0.2) is 22.6 Å². The zero-order chi connectivity index (χ0) is 13.5. The lowest BCUT2D eigenvalue weighted by molar-refractivity contribution is 0.102. The molecule has 0 aliphatic carbocycles. The van der Waals surface area contributed by atoms with Crippen molar-refractivity contribution in [3.8, 4) is 11.8 Å². The number of hydrogen-bond acceptors (Lipinski definition) is 4. The van der Waals surface area contributed by atoms with Gasteiger partial charge in [-0.2, -0.15) is 0 Å². The molecule has 0 saturated carbocycles. The van der Waals surface area contributed by atoms with E-state index in [4.69, 9.17) is 5.11 Å². The van der Waals surface area contributed by atoms with E-state index in [9.17, 15) is 4.79 Å². The fraction of sp³-hybridized carbons (Fsp3) is 0.143. The summed E-state index contributed by atoms with van der Waals surface area (Å²) < 4.78 is 0. The Balaban J connectivity index is 2.03. The quantitative estimate of drug-likeness (QED) is 0.841. The van der Waals surface area contributed by atoms with Crippen LogP contribution in [0, 0.1) is 11.8 Å². The molecular formula is C14H12N2O2S. The van der Waals surface area contributed by atoms with E-state index in [0.717, 1.165) is 4.88 Å². The van der Waals surface area contributed by atoms with Gasteiger partial charge in [0.1, 0.15) is 0 Å². The molecule has 2 aromatic heterocycles. The van der Waals surface area contributed by atoms with E-state index in [1.165, 1.54) is 11.3 Å². The summed E-state index contributed by atoms with van der Waals surface area (Å²) >= 11 is 1.41. The summed E-state index contributed by atoms with van der Waals surface area (Å²) in [5, 5.41) is 13.1. The molecule has 0 aliphatic heterocycles. The average Bonchev–Trinajstić information content (AvgIpc) is 2.89. The Morgan fingerprint density at radius 2 is 2.42 bits per heavy atom. The van der Waals surface area contributed by atoms with Crippen LogP contribution in [0.1, 0.15) is 21.7 Å². The van der Waals surface area contributed by atoms with Crippen LogP contribution < -0.4 is 5.32 Å². The lowest BCUT2D eigenvalue weighted by atomic mass is 10.2. The van der Waals surface area contributed by atoms with E-state index in [0.29, 0.717) is 17.7 Å². The van der Waals surface area contributed by atoms with Crippen LogP contribution in [0.3, 0.4) is 0 Å². The zero-order valence-corrected chi connectivity index (χ0v) is 10.9. The van der Waals surface area contributed by atoms with Crippen LogP contribution in [0.25, 0.3) is 0 Å². The Hall–Kier alpha value is -2.16. The largest absolute Gasteiger partial charge is 0.395 e. The Bertz CT molecular complexity index is 611. The third-order valence-electron chi connectivity index (χ3n) is 2.23. The summed E-state index contributed by atoms with van der Waals surface area (Å²) in [5.41, 5.74) is 1.23. The molecule has 1 amide bonds. The van der Waals surface area contributed by atoms with Crippen molar-refractivity contribution >= 4 is 22.9 Å². The molecule has 0 fully saturated rings. The second-order valence-electron chi connectivity index (χ2n) is 3.67. The molecule has 2 rings (SSSR count). The molecule has 19 heavy (non-hydrogen) atoms. The van der Waals surface area contributed by atoms with Crippen molar-refractivity contribution in [1.29, 1.82) is 0 Å². The normalized spacial score (nSPS) is 9.53. The third kappa shape index (κ3) is 3.91. The molecule has 96 valence electrons. The molecule has 0 aliphatic rings. The lowest BCUT2D eigenvalue weighted by Crippen LogP contribution is -2.10. The van der Waals surface area contributed by atoms with Gasteiger partial charge in [-0.1, -0.05) is 11.8 Å². The number of aliphatic hydroxyl groups is 1. The van der Waals surface area contributed by atoms with Gasteiger partial charge in [-0.05, 0) is 18.2 Å². The molecule has 0 radical (unpaired) electrons. The van der Waals surface area contributed by atoms with Gasteiger partial charge in [0, 0.05) is 18.0 Å². The highest BCUT2D eigenvalue weighted by Gasteiger charge is 2.08. The average molecular weight is 272 g/mol. The second kappa shape index (κ2) is 6.69. The highest BCUT2D eigenvalue weighted by molar-refractivity contribution is 7.10. The van der Waals surface area contributed by atoms with Gasteiger partial charge in [0.25, 0.3) is 5.91 Å². The Kier molecular flexibility index (Phi) is 4.67. The number of nitrogens with one attached hydrogen (secondary N) is 1. The first-order chi connectivity index (χ1) is 9.29. The first-order valence-corrected chi connectivity index (χ1v) is 6.57. The Morgan fingerprint density at radius 3 is 3.16 bits per heavy atom. The number of anilines is 1. The fourth-order valence-electron chi connectivity index (χ4n) is 1.37. The standard InChI is InChI=1S/C14H12N2O2S/c17-7-2-1-5-13-8-11(10-19-13)14(18)16-12-4-3-6-15-9-12/h3-4,6,8-10,17H,2,7H2,(H,16,18). The van der Waals surface area contributed by atoms with Gasteiger partial charge < -0.3 is 10.4 Å². The molecule has 0 spiro atoms. The smallest absolute Gasteiger partial charge is 0.256 e. The molecule has 0 unspecified atom stereocenters. The summed E-state index contributed by atoms with van der Waals surface area (Å²) in [5.74, 6) is 5.54. The van der Waals surface area contributed by atoms with Crippen molar-refractivity contribution in [2.75, 3.05) is 11.9 Å². The second-order valence-corrected chi connectivity index (χ2v) is 4.58. The van der Waals surface area contributed by atoms with Gasteiger partial charge in [-0.15, -0.1) is 11.3 Å². The monoisotopic (exact) mass is 272 g/mol. The molecule has 2 heterocycles. The molecule has 5 heteroatoms. The van der Waals surface area contributed by atoms with Crippen molar-refractivity contribution in [3.05, 3.63) is 46.4 Å². The third-order valence-corrected chi connectivity index (χ3v) is 3.08. The van der Waals surface area contributed by atoms with Crippen molar-refractivity contribution in [3.63, 3.8) is 0 Å². The van der Waals surface area contributed by atoms with Gasteiger partial charge >= 0.3 is 0 Å². The maximum absolute atomic E-state index is 11.9. The summed E-state index contributed by atoms with van der Waals surface area (Å²) in [4.78, 5) is 16.7. The number of pyridine rings is 1. The number of aliphatic hydroxyl groups excluding tert-OH is 1. The van der Waals surface area contributed by atoms with Crippen LogP contribution in [0.2, 0.25) is 0 Å². The van der Waals surface area contributed by atoms with E-state index in [1.54, 1.807) is 36.0 Å². The highest BCUT2D eigenvalue weighted by Crippen LogP contribution is 2.15. The van der Waals surface area contributed by atoms with Gasteiger partial charge in [-0.3, -0.25) is 9.78 Å². The predicted octanol–water partition coefficient (Wildman–Crippen LogP) is 2.13. The number of nitrogens with zero attached hydrogens (tertiary/aromatic N) is 1. The predicted molar refractivity (Wildman–Crippen MR) is 75.1 cm³/mol. The van der Waals surface area contributed by atoms with Crippen LogP contribution >= 0.6 is 11.3 Å². The molecule has 2 N–H and O–H groups in total. The van der Waals surface area contributed by atoms with Crippen LogP contribution in [-0.2, 0) is 0 Å². The number of hydrogen-bond donors (Lipinski definition) is 2. The first kappa shape index (κ1) is 13.3. The number of aromatic nitrogens is 1. The van der Waals surface area contributed by atoms with E-state index >= 15 is 0 Å².